The molecule has 1 heterocycles. The van der Waals surface area contributed by atoms with E-state index in [1.807, 2.05) is 0 Å². The SMILES string of the molecule is C=C(/C=C(/OC(F)(F)F)N1C=C([N+](=O)[O-])C=C(C)C1)OC. The molecule has 1 rings (SSSR count). The van der Waals surface area contributed by atoms with E-state index in [1.165, 1.54) is 13.2 Å². The molecule has 0 aromatic carbocycles. The predicted molar refractivity (Wildman–Crippen MR) is 66.9 cm³/mol. The molecule has 0 aromatic rings. The summed E-state index contributed by atoms with van der Waals surface area (Å²) < 4.78 is 45.9. The molecule has 1 aliphatic heterocycles. The minimum absolute atomic E-state index is 0.0102. The second kappa shape index (κ2) is 6.33. The molecule has 0 saturated heterocycles. The Balaban J connectivity index is 3.15. The molecule has 0 radical (unpaired) electrons. The highest BCUT2D eigenvalue weighted by Crippen LogP contribution is 2.27. The van der Waals surface area contributed by atoms with E-state index in [4.69, 9.17) is 0 Å². The molecule has 0 atom stereocenters. The number of allylic oxidation sites excluding steroid dienone is 2. The number of nitrogens with zero attached hydrogens (tertiary/aromatic N) is 2. The Morgan fingerprint density at radius 2 is 2.19 bits per heavy atom. The molecule has 0 N–H and O–H groups in total. The smallest absolute Gasteiger partial charge is 0.497 e. The Hall–Kier alpha value is -2.45. The van der Waals surface area contributed by atoms with Crippen molar-refractivity contribution in [1.82, 2.24) is 4.90 Å². The summed E-state index contributed by atoms with van der Waals surface area (Å²) in [6, 6.07) is 0. The number of nitro groups is 1. The molecule has 0 fully saturated rings. The van der Waals surface area contributed by atoms with Crippen molar-refractivity contribution in [3.05, 3.63) is 58.0 Å². The summed E-state index contributed by atoms with van der Waals surface area (Å²) in [5.74, 6) is -0.751. The normalized spacial score (nSPS) is 16.0. The van der Waals surface area contributed by atoms with Crippen molar-refractivity contribution in [1.29, 1.82) is 0 Å². The maximum Gasteiger partial charge on any atom is 0.574 e. The van der Waals surface area contributed by atoms with Gasteiger partial charge < -0.3 is 14.4 Å². The number of ether oxygens (including phenoxy) is 2. The van der Waals surface area contributed by atoms with Gasteiger partial charge in [-0.2, -0.15) is 0 Å². The fourth-order valence-corrected chi connectivity index (χ4v) is 1.54. The molecule has 0 spiro atoms. The van der Waals surface area contributed by atoms with Crippen molar-refractivity contribution in [2.24, 2.45) is 0 Å². The fraction of sp³-hybridized carbons (Fsp3) is 0.333. The van der Waals surface area contributed by atoms with Crippen LogP contribution < -0.4 is 0 Å². The zero-order valence-corrected chi connectivity index (χ0v) is 11.3. The third kappa shape index (κ3) is 5.21. The van der Waals surface area contributed by atoms with Crippen LogP contribution in [0.2, 0.25) is 0 Å². The highest BCUT2D eigenvalue weighted by molar-refractivity contribution is 5.26. The van der Waals surface area contributed by atoms with Crippen molar-refractivity contribution in [3.63, 3.8) is 0 Å². The van der Waals surface area contributed by atoms with Gasteiger partial charge in [0.2, 0.25) is 5.88 Å². The summed E-state index contributed by atoms with van der Waals surface area (Å²) in [4.78, 5) is 11.0. The first kappa shape index (κ1) is 16.6. The fourth-order valence-electron chi connectivity index (χ4n) is 1.54. The maximum absolute atomic E-state index is 12.4. The van der Waals surface area contributed by atoms with Gasteiger partial charge in [-0.15, -0.1) is 13.2 Å². The molecule has 0 aromatic heterocycles. The Kier molecular flexibility index (Phi) is 5.01. The van der Waals surface area contributed by atoms with Crippen LogP contribution in [0, 0.1) is 10.1 Å². The Labute approximate surface area is 118 Å². The third-order valence-electron chi connectivity index (χ3n) is 2.36. The van der Waals surface area contributed by atoms with E-state index in [-0.39, 0.29) is 18.0 Å². The van der Waals surface area contributed by atoms with E-state index >= 15 is 0 Å². The summed E-state index contributed by atoms with van der Waals surface area (Å²) in [7, 11) is 1.23. The first-order chi connectivity index (χ1) is 9.62. The Morgan fingerprint density at radius 3 is 2.67 bits per heavy atom. The molecular weight excluding hydrogens is 293 g/mol. The third-order valence-corrected chi connectivity index (χ3v) is 2.36. The van der Waals surface area contributed by atoms with Crippen molar-refractivity contribution < 1.29 is 27.6 Å². The molecule has 6 nitrogen and oxygen atoms in total. The van der Waals surface area contributed by atoms with Crippen LogP contribution in [0.4, 0.5) is 13.2 Å². The van der Waals surface area contributed by atoms with Crippen LogP contribution in [0.5, 0.6) is 0 Å². The number of hydrogen-bond acceptors (Lipinski definition) is 5. The van der Waals surface area contributed by atoms with Gasteiger partial charge >= 0.3 is 6.36 Å². The van der Waals surface area contributed by atoms with Crippen molar-refractivity contribution in [2.45, 2.75) is 13.3 Å². The van der Waals surface area contributed by atoms with E-state index in [9.17, 15) is 23.3 Å². The lowest BCUT2D eigenvalue weighted by molar-refractivity contribution is -0.420. The number of hydrogen-bond donors (Lipinski definition) is 0. The largest absolute Gasteiger partial charge is 0.574 e. The van der Waals surface area contributed by atoms with Gasteiger partial charge in [0.15, 0.2) is 0 Å². The standard InChI is InChI=1S/C12H13F3N2O4/c1-8-4-10(17(18)19)7-16(6-8)11(5-9(2)20-3)21-12(13,14)15/h4-5,7H,2,6H2,1,3H3/b11-5+. The zero-order valence-electron chi connectivity index (χ0n) is 11.3. The second-order valence-electron chi connectivity index (χ2n) is 4.13. The summed E-state index contributed by atoms with van der Waals surface area (Å²) >= 11 is 0. The number of rotatable bonds is 5. The van der Waals surface area contributed by atoms with Gasteiger partial charge in [-0.05, 0) is 12.5 Å². The topological polar surface area (TPSA) is 64.8 Å². The molecule has 0 aliphatic carbocycles. The zero-order chi connectivity index (χ0) is 16.2. The van der Waals surface area contributed by atoms with Gasteiger partial charge in [-0.25, -0.2) is 0 Å². The molecule has 21 heavy (non-hydrogen) atoms. The number of halogens is 3. The molecule has 0 amide bonds. The van der Waals surface area contributed by atoms with Gasteiger partial charge in [0, 0.05) is 18.7 Å². The molecule has 0 saturated carbocycles. The monoisotopic (exact) mass is 306 g/mol. The molecule has 0 unspecified atom stereocenters. The minimum atomic E-state index is -4.95. The molecule has 116 valence electrons. The number of alkyl halides is 3. The van der Waals surface area contributed by atoms with Crippen molar-refractivity contribution in [3.8, 4) is 0 Å². The van der Waals surface area contributed by atoms with Gasteiger partial charge in [0.25, 0.3) is 5.70 Å². The van der Waals surface area contributed by atoms with Crippen molar-refractivity contribution >= 4 is 0 Å². The predicted octanol–water partition coefficient (Wildman–Crippen LogP) is 2.90. The van der Waals surface area contributed by atoms with E-state index in [0.717, 1.165) is 17.2 Å². The maximum atomic E-state index is 12.4. The molecule has 9 heteroatoms. The summed E-state index contributed by atoms with van der Waals surface area (Å²) in [6.07, 6.45) is -1.82. The minimum Gasteiger partial charge on any atom is -0.497 e. The average Bonchev–Trinajstić information content (AvgIpc) is 2.35. The quantitative estimate of drug-likeness (QED) is 0.338. The first-order valence-electron chi connectivity index (χ1n) is 5.62. The number of methoxy groups -OCH3 is 1. The average molecular weight is 306 g/mol. The van der Waals surface area contributed by atoms with Gasteiger partial charge in [0.05, 0.1) is 18.2 Å². The van der Waals surface area contributed by atoms with E-state index in [1.54, 1.807) is 6.92 Å². The van der Waals surface area contributed by atoms with E-state index in [0.29, 0.717) is 5.57 Å². The molecular formula is C12H13F3N2O4. The molecule has 0 bridgehead atoms. The lowest BCUT2D eigenvalue weighted by Crippen LogP contribution is -2.29. The lowest BCUT2D eigenvalue weighted by Gasteiger charge is -2.26. The highest BCUT2D eigenvalue weighted by atomic mass is 19.4. The second-order valence-corrected chi connectivity index (χ2v) is 4.13. The Morgan fingerprint density at radius 1 is 1.57 bits per heavy atom. The van der Waals surface area contributed by atoms with Crippen LogP contribution in [0.15, 0.2) is 47.8 Å². The summed E-state index contributed by atoms with van der Waals surface area (Å²) in [5.41, 5.74) is 0.155. The Bertz CT molecular complexity index is 535. The van der Waals surface area contributed by atoms with Crippen LogP contribution in [0.3, 0.4) is 0 Å². The van der Waals surface area contributed by atoms with Crippen LogP contribution in [0.1, 0.15) is 6.92 Å². The highest BCUT2D eigenvalue weighted by Gasteiger charge is 2.35. The van der Waals surface area contributed by atoms with Crippen LogP contribution in [-0.2, 0) is 9.47 Å². The van der Waals surface area contributed by atoms with Crippen LogP contribution in [0.25, 0.3) is 0 Å². The van der Waals surface area contributed by atoms with Gasteiger partial charge in [-0.3, -0.25) is 10.1 Å². The summed E-state index contributed by atoms with van der Waals surface area (Å²) in [5, 5.41) is 10.8. The summed E-state index contributed by atoms with van der Waals surface area (Å²) in [6.45, 7) is 4.93. The van der Waals surface area contributed by atoms with Gasteiger partial charge in [-0.1, -0.05) is 6.58 Å². The molecule has 1 aliphatic rings. The first-order valence-corrected chi connectivity index (χ1v) is 5.62. The van der Waals surface area contributed by atoms with E-state index < -0.39 is 17.2 Å². The van der Waals surface area contributed by atoms with Crippen LogP contribution >= 0.6 is 0 Å². The van der Waals surface area contributed by atoms with Crippen molar-refractivity contribution in [2.75, 3.05) is 13.7 Å². The van der Waals surface area contributed by atoms with E-state index in [2.05, 4.69) is 16.1 Å². The van der Waals surface area contributed by atoms with Gasteiger partial charge in [0.1, 0.15) is 5.76 Å². The van der Waals surface area contributed by atoms with Crippen LogP contribution in [-0.4, -0.2) is 29.8 Å². The lowest BCUT2D eigenvalue weighted by atomic mass is 10.2.